The Morgan fingerprint density at radius 3 is 2.82 bits per heavy atom. The predicted molar refractivity (Wildman–Crippen MR) is 69.2 cm³/mol. The molecule has 0 aliphatic rings. The van der Waals surface area contributed by atoms with Crippen molar-refractivity contribution in [3.63, 3.8) is 0 Å². The Labute approximate surface area is 108 Å². The van der Waals surface area contributed by atoms with Gasteiger partial charge >= 0.3 is 0 Å². The van der Waals surface area contributed by atoms with Gasteiger partial charge in [0, 0.05) is 26.0 Å². The maximum Gasteiger partial charge on any atom is 0.226 e. The molecule has 5 nitrogen and oxygen atoms in total. The van der Waals surface area contributed by atoms with E-state index in [0.29, 0.717) is 11.1 Å². The number of amides is 1. The summed E-state index contributed by atoms with van der Waals surface area (Å²) in [5.41, 5.74) is 0.0581. The van der Waals surface area contributed by atoms with Crippen LogP contribution in [0, 0.1) is 0 Å². The van der Waals surface area contributed by atoms with Crippen LogP contribution >= 0.6 is 15.9 Å². The highest BCUT2D eigenvalue weighted by atomic mass is 79.9. The number of ether oxygens (including phenoxy) is 1. The summed E-state index contributed by atoms with van der Waals surface area (Å²) < 4.78 is 7.05. The van der Waals surface area contributed by atoms with Gasteiger partial charge in [0.15, 0.2) is 0 Å². The lowest BCUT2D eigenvalue weighted by atomic mass is 10.3. The molecular weight excluding hydrogens is 288 g/mol. The summed E-state index contributed by atoms with van der Waals surface area (Å²) in [6, 6.07) is 0. The summed E-state index contributed by atoms with van der Waals surface area (Å²) in [5, 5.41) is 2.58. The molecule has 0 saturated carbocycles. The molecule has 1 heterocycles. The van der Waals surface area contributed by atoms with Crippen molar-refractivity contribution >= 4 is 27.5 Å². The number of pyridine rings is 1. The molecule has 0 bridgehead atoms. The lowest BCUT2D eigenvalue weighted by Gasteiger charge is -2.08. The van der Waals surface area contributed by atoms with Crippen molar-refractivity contribution in [2.24, 2.45) is 0 Å². The number of rotatable bonds is 5. The van der Waals surface area contributed by atoms with Crippen LogP contribution in [-0.4, -0.2) is 24.2 Å². The molecule has 0 saturated heterocycles. The number of anilines is 1. The zero-order valence-corrected chi connectivity index (χ0v) is 11.4. The fourth-order valence-corrected chi connectivity index (χ4v) is 1.75. The van der Waals surface area contributed by atoms with Gasteiger partial charge in [0.2, 0.25) is 11.3 Å². The summed E-state index contributed by atoms with van der Waals surface area (Å²) in [4.78, 5) is 23.2. The minimum Gasteiger partial charge on any atom is -0.384 e. The Balaban J connectivity index is 2.86. The maximum absolute atomic E-state index is 11.7. The second kappa shape index (κ2) is 6.56. The van der Waals surface area contributed by atoms with Crippen LogP contribution in [0.25, 0.3) is 0 Å². The quantitative estimate of drug-likeness (QED) is 0.899. The van der Waals surface area contributed by atoms with E-state index in [1.165, 1.54) is 7.11 Å². The Morgan fingerprint density at radius 1 is 1.53 bits per heavy atom. The number of hydrogen-bond acceptors (Lipinski definition) is 3. The van der Waals surface area contributed by atoms with Crippen molar-refractivity contribution in [2.75, 3.05) is 19.0 Å². The largest absolute Gasteiger partial charge is 0.384 e. The van der Waals surface area contributed by atoms with Gasteiger partial charge in [-0.3, -0.25) is 9.59 Å². The van der Waals surface area contributed by atoms with Crippen LogP contribution in [0.2, 0.25) is 0 Å². The summed E-state index contributed by atoms with van der Waals surface area (Å²) in [7, 11) is 1.52. The lowest BCUT2D eigenvalue weighted by Crippen LogP contribution is -2.21. The van der Waals surface area contributed by atoms with Gasteiger partial charge in [-0.05, 0) is 22.9 Å². The second-order valence-corrected chi connectivity index (χ2v) is 4.32. The van der Waals surface area contributed by atoms with E-state index in [-0.39, 0.29) is 23.4 Å². The molecule has 1 N–H and O–H groups in total. The number of halogens is 1. The van der Waals surface area contributed by atoms with Crippen LogP contribution < -0.4 is 10.7 Å². The molecule has 94 valence electrons. The molecule has 0 fully saturated rings. The van der Waals surface area contributed by atoms with Crippen LogP contribution in [0.5, 0.6) is 0 Å². The number of nitrogens with zero attached hydrogens (tertiary/aromatic N) is 1. The van der Waals surface area contributed by atoms with Crippen molar-refractivity contribution in [3.05, 3.63) is 27.1 Å². The van der Waals surface area contributed by atoms with E-state index in [9.17, 15) is 9.59 Å². The number of hydrogen-bond donors (Lipinski definition) is 1. The molecule has 0 atom stereocenters. The molecule has 0 aromatic carbocycles. The van der Waals surface area contributed by atoms with Crippen LogP contribution in [0.1, 0.15) is 13.3 Å². The maximum atomic E-state index is 11.7. The highest BCUT2D eigenvalue weighted by Crippen LogP contribution is 2.09. The third kappa shape index (κ3) is 3.98. The topological polar surface area (TPSA) is 60.3 Å². The van der Waals surface area contributed by atoms with Crippen LogP contribution in [-0.2, 0) is 16.1 Å². The first kappa shape index (κ1) is 13.9. The summed E-state index contributed by atoms with van der Waals surface area (Å²) >= 11 is 3.17. The smallest absolute Gasteiger partial charge is 0.226 e. The van der Waals surface area contributed by atoms with Gasteiger partial charge in [-0.2, -0.15) is 0 Å². The summed E-state index contributed by atoms with van der Waals surface area (Å²) in [5.74, 6) is -0.232. The molecule has 6 heteroatoms. The van der Waals surface area contributed by atoms with E-state index < -0.39 is 0 Å². The van der Waals surface area contributed by atoms with Gasteiger partial charge in [0.1, 0.15) is 5.69 Å². The predicted octanol–water partition coefficient (Wildman–Crippen LogP) is 1.61. The molecule has 17 heavy (non-hydrogen) atoms. The highest BCUT2D eigenvalue weighted by molar-refractivity contribution is 9.10. The van der Waals surface area contributed by atoms with Gasteiger partial charge in [-0.15, -0.1) is 0 Å². The first-order valence-electron chi connectivity index (χ1n) is 5.26. The lowest BCUT2D eigenvalue weighted by molar-refractivity contribution is -0.117. The van der Waals surface area contributed by atoms with Gasteiger partial charge in [0.05, 0.1) is 17.5 Å². The Bertz CT molecular complexity index is 457. The second-order valence-electron chi connectivity index (χ2n) is 3.47. The monoisotopic (exact) mass is 302 g/mol. The van der Waals surface area contributed by atoms with Crippen LogP contribution in [0.4, 0.5) is 5.69 Å². The number of aryl methyl sites for hydroxylation is 1. The average molecular weight is 303 g/mol. The van der Waals surface area contributed by atoms with Crippen LogP contribution in [0.15, 0.2) is 21.7 Å². The third-order valence-corrected chi connectivity index (χ3v) is 2.77. The van der Waals surface area contributed by atoms with Crippen molar-refractivity contribution in [1.29, 1.82) is 0 Å². The van der Waals surface area contributed by atoms with E-state index in [2.05, 4.69) is 21.2 Å². The Hall–Kier alpha value is -1.14. The van der Waals surface area contributed by atoms with Crippen molar-refractivity contribution in [3.8, 4) is 0 Å². The van der Waals surface area contributed by atoms with Crippen molar-refractivity contribution in [2.45, 2.75) is 19.9 Å². The normalized spacial score (nSPS) is 10.3. The van der Waals surface area contributed by atoms with Gasteiger partial charge in [0.25, 0.3) is 0 Å². The van der Waals surface area contributed by atoms with Gasteiger partial charge in [-0.1, -0.05) is 0 Å². The number of carbonyl (C=O) groups is 1. The molecule has 0 spiro atoms. The molecule has 1 amide bonds. The number of carbonyl (C=O) groups excluding carboxylic acids is 1. The van der Waals surface area contributed by atoms with E-state index in [4.69, 9.17) is 4.74 Å². The molecule has 0 aliphatic heterocycles. The molecule has 1 aromatic heterocycles. The fourth-order valence-electron chi connectivity index (χ4n) is 1.27. The molecule has 0 unspecified atom stereocenters. The zero-order valence-electron chi connectivity index (χ0n) is 9.83. The summed E-state index contributed by atoms with van der Waals surface area (Å²) in [6.07, 6.45) is 3.54. The van der Waals surface area contributed by atoms with E-state index >= 15 is 0 Å². The van der Waals surface area contributed by atoms with E-state index in [0.717, 1.165) is 6.54 Å². The standard InChI is InChI=1S/C11H15BrN2O3/c1-3-14-6-8(12)11(16)9(7-14)13-10(15)4-5-17-2/h6-7H,3-5H2,1-2H3,(H,13,15). The molecule has 1 rings (SSSR count). The van der Waals surface area contributed by atoms with Crippen molar-refractivity contribution in [1.82, 2.24) is 4.57 Å². The molecular formula is C11H15BrN2O3. The number of methoxy groups -OCH3 is 1. The number of aromatic nitrogens is 1. The minimum absolute atomic E-state index is 0.222. The Kier molecular flexibility index (Phi) is 5.37. The zero-order chi connectivity index (χ0) is 12.8. The van der Waals surface area contributed by atoms with E-state index in [1.807, 2.05) is 11.5 Å². The summed E-state index contributed by atoms with van der Waals surface area (Å²) in [6.45, 7) is 3.01. The molecule has 0 aliphatic carbocycles. The molecule has 1 aromatic rings. The van der Waals surface area contributed by atoms with Crippen molar-refractivity contribution < 1.29 is 9.53 Å². The number of nitrogens with one attached hydrogen (secondary N) is 1. The van der Waals surface area contributed by atoms with E-state index in [1.54, 1.807) is 12.4 Å². The highest BCUT2D eigenvalue weighted by Gasteiger charge is 2.08. The SMILES string of the molecule is CCn1cc(Br)c(=O)c(NC(=O)CCOC)c1. The first-order valence-corrected chi connectivity index (χ1v) is 6.06. The molecule has 0 radical (unpaired) electrons. The van der Waals surface area contributed by atoms with Gasteiger partial charge in [-0.25, -0.2) is 0 Å². The van der Waals surface area contributed by atoms with Crippen LogP contribution in [0.3, 0.4) is 0 Å². The van der Waals surface area contributed by atoms with Gasteiger partial charge < -0.3 is 14.6 Å². The third-order valence-electron chi connectivity index (χ3n) is 2.21. The fraction of sp³-hybridized carbons (Fsp3) is 0.455. The minimum atomic E-state index is -0.232. The Morgan fingerprint density at radius 2 is 2.24 bits per heavy atom. The first-order chi connectivity index (χ1) is 8.08. The average Bonchev–Trinajstić information content (AvgIpc) is 2.32.